The summed E-state index contributed by atoms with van der Waals surface area (Å²) in [5, 5.41) is 0. The topological polar surface area (TPSA) is 52.6 Å². The summed E-state index contributed by atoms with van der Waals surface area (Å²) in [5.74, 6) is -0.945. The van der Waals surface area contributed by atoms with Gasteiger partial charge in [-0.3, -0.25) is 0 Å². The van der Waals surface area contributed by atoms with Crippen LogP contribution >= 0.6 is 23.2 Å². The molecule has 6 heteroatoms. The summed E-state index contributed by atoms with van der Waals surface area (Å²) in [6.07, 6.45) is 0.732. The Hall–Kier alpha value is -3.08. The number of esters is 2. The predicted octanol–water partition coefficient (Wildman–Crippen LogP) is 6.83. The van der Waals surface area contributed by atoms with E-state index in [4.69, 9.17) is 32.7 Å². The molecule has 0 heterocycles. The average molecular weight is 481 g/mol. The van der Waals surface area contributed by atoms with Crippen molar-refractivity contribution in [2.75, 3.05) is 6.61 Å². The normalized spacial score (nSPS) is 13.1. The predicted molar refractivity (Wildman–Crippen MR) is 130 cm³/mol. The summed E-state index contributed by atoms with van der Waals surface area (Å²) in [6, 6.07) is 19.7. The Bertz CT molecular complexity index is 1230. The molecule has 4 rings (SSSR count). The molecule has 4 nitrogen and oxygen atoms in total. The summed E-state index contributed by atoms with van der Waals surface area (Å²) in [7, 11) is 0. The monoisotopic (exact) mass is 480 g/mol. The molecule has 0 saturated heterocycles. The van der Waals surface area contributed by atoms with Crippen molar-refractivity contribution in [1.82, 2.24) is 0 Å². The zero-order valence-electron chi connectivity index (χ0n) is 18.1. The van der Waals surface area contributed by atoms with Crippen LogP contribution in [0.3, 0.4) is 0 Å². The first-order chi connectivity index (χ1) is 15.8. The molecule has 0 fully saturated rings. The highest BCUT2D eigenvalue weighted by Gasteiger charge is 2.41. The number of rotatable bonds is 7. The van der Waals surface area contributed by atoms with Gasteiger partial charge >= 0.3 is 11.9 Å². The van der Waals surface area contributed by atoms with Crippen molar-refractivity contribution in [3.05, 3.63) is 107 Å². The van der Waals surface area contributed by atoms with Gasteiger partial charge in [0.05, 0.1) is 11.1 Å². The first kappa shape index (κ1) is 23.1. The molecule has 0 unspecified atom stereocenters. The van der Waals surface area contributed by atoms with Crippen LogP contribution in [-0.4, -0.2) is 18.5 Å². The number of carbonyl (C=O) groups excluding carboxylic acids is 2. The number of fused-ring (bicyclic) bond motifs is 3. The Morgan fingerprint density at radius 2 is 1.39 bits per heavy atom. The minimum Gasteiger partial charge on any atom is -0.458 e. The number of halogens is 2. The van der Waals surface area contributed by atoms with E-state index in [9.17, 15) is 9.59 Å². The Balaban J connectivity index is 1.56. The second-order valence-electron chi connectivity index (χ2n) is 7.84. The molecular weight excluding hydrogens is 459 g/mol. The summed E-state index contributed by atoms with van der Waals surface area (Å²) in [6.45, 7) is 6.12. The highest BCUT2D eigenvalue weighted by atomic mass is 35.5. The van der Waals surface area contributed by atoms with Gasteiger partial charge < -0.3 is 9.47 Å². The number of ether oxygens (including phenoxy) is 2. The Morgan fingerprint density at radius 1 is 0.848 bits per heavy atom. The molecule has 0 spiro atoms. The minimum atomic E-state index is -1.43. The van der Waals surface area contributed by atoms with Gasteiger partial charge in [-0.15, -0.1) is 0 Å². The van der Waals surface area contributed by atoms with Crippen LogP contribution in [0.1, 0.15) is 50.8 Å². The van der Waals surface area contributed by atoms with E-state index < -0.39 is 16.3 Å². The van der Waals surface area contributed by atoms with E-state index in [0.717, 1.165) is 28.7 Å². The van der Waals surface area contributed by atoms with Gasteiger partial charge in [0.2, 0.25) is 0 Å². The first-order valence-corrected chi connectivity index (χ1v) is 11.3. The third-order valence-electron chi connectivity index (χ3n) is 5.60. The molecule has 0 saturated carbocycles. The standard InChI is InChI=1S/C27H22Cl2O4/c1-3-17(2)15-32-25(30)19-9-11-21-22-12-10-20(14-24(22)27(28,29)23(21)13-19)26(31)33-16-18-7-5-4-6-8-18/h4-14H,2-3,15-16H2,1H3. The molecule has 0 N–H and O–H groups in total. The summed E-state index contributed by atoms with van der Waals surface area (Å²) >= 11 is 13.5. The van der Waals surface area contributed by atoms with Crippen molar-refractivity contribution in [3.8, 4) is 11.1 Å². The maximum absolute atomic E-state index is 12.6. The van der Waals surface area contributed by atoms with Gasteiger partial charge in [0.1, 0.15) is 13.2 Å². The van der Waals surface area contributed by atoms with Crippen LogP contribution in [0.2, 0.25) is 0 Å². The van der Waals surface area contributed by atoms with Crippen molar-refractivity contribution in [3.63, 3.8) is 0 Å². The molecule has 3 aromatic carbocycles. The fraction of sp³-hybridized carbons (Fsp3) is 0.185. The molecule has 1 aliphatic carbocycles. The molecule has 3 aromatic rings. The smallest absolute Gasteiger partial charge is 0.338 e. The van der Waals surface area contributed by atoms with Gasteiger partial charge in [0.25, 0.3) is 0 Å². The molecule has 33 heavy (non-hydrogen) atoms. The third-order valence-corrected chi connectivity index (χ3v) is 6.41. The summed E-state index contributed by atoms with van der Waals surface area (Å²) in [5.41, 5.74) is 5.15. The van der Waals surface area contributed by atoms with E-state index >= 15 is 0 Å². The van der Waals surface area contributed by atoms with Gasteiger partial charge in [-0.05, 0) is 52.9 Å². The van der Waals surface area contributed by atoms with Gasteiger partial charge in [0, 0.05) is 11.1 Å². The van der Waals surface area contributed by atoms with Crippen LogP contribution in [0.25, 0.3) is 11.1 Å². The zero-order valence-corrected chi connectivity index (χ0v) is 19.6. The van der Waals surface area contributed by atoms with E-state index in [1.807, 2.05) is 37.3 Å². The van der Waals surface area contributed by atoms with Gasteiger partial charge in [0.15, 0.2) is 4.33 Å². The van der Waals surface area contributed by atoms with Gasteiger partial charge in [-0.1, -0.05) is 79.2 Å². The lowest BCUT2D eigenvalue weighted by atomic mass is 10.0. The fourth-order valence-corrected chi connectivity index (χ4v) is 4.26. The van der Waals surface area contributed by atoms with Crippen LogP contribution in [0.5, 0.6) is 0 Å². The SMILES string of the molecule is C=C(CC)COC(=O)c1ccc2c(c1)C(Cl)(Cl)c1cc(C(=O)OCc3ccccc3)ccc1-2. The highest BCUT2D eigenvalue weighted by Crippen LogP contribution is 2.54. The zero-order chi connectivity index (χ0) is 23.6. The second-order valence-corrected chi connectivity index (χ2v) is 9.16. The van der Waals surface area contributed by atoms with Crippen LogP contribution < -0.4 is 0 Å². The van der Waals surface area contributed by atoms with Crippen LogP contribution in [-0.2, 0) is 20.4 Å². The molecule has 0 aromatic heterocycles. The molecular formula is C27H22Cl2O4. The van der Waals surface area contributed by atoms with E-state index in [-0.39, 0.29) is 13.2 Å². The number of hydrogen-bond donors (Lipinski definition) is 0. The van der Waals surface area contributed by atoms with Crippen molar-refractivity contribution in [2.45, 2.75) is 24.3 Å². The highest BCUT2D eigenvalue weighted by molar-refractivity contribution is 6.51. The van der Waals surface area contributed by atoms with Crippen LogP contribution in [0, 0.1) is 0 Å². The van der Waals surface area contributed by atoms with Gasteiger partial charge in [-0.25, -0.2) is 9.59 Å². The number of hydrogen-bond acceptors (Lipinski definition) is 4. The van der Waals surface area contributed by atoms with Crippen LogP contribution in [0.4, 0.5) is 0 Å². The third kappa shape index (κ3) is 4.68. The van der Waals surface area contributed by atoms with E-state index in [1.54, 1.807) is 36.4 Å². The molecule has 0 amide bonds. The van der Waals surface area contributed by atoms with Crippen molar-refractivity contribution < 1.29 is 19.1 Å². The molecule has 0 atom stereocenters. The molecule has 1 aliphatic rings. The van der Waals surface area contributed by atoms with E-state index in [2.05, 4.69) is 6.58 Å². The Labute approximate surface area is 202 Å². The Morgan fingerprint density at radius 3 is 1.94 bits per heavy atom. The lowest BCUT2D eigenvalue weighted by Crippen LogP contribution is -2.12. The number of benzene rings is 3. The maximum atomic E-state index is 12.6. The Kier molecular flexibility index (Phi) is 6.59. The molecule has 0 aliphatic heterocycles. The quantitative estimate of drug-likeness (QED) is 0.211. The van der Waals surface area contributed by atoms with E-state index in [1.165, 1.54) is 0 Å². The lowest BCUT2D eigenvalue weighted by molar-refractivity contribution is 0.0471. The largest absolute Gasteiger partial charge is 0.458 e. The maximum Gasteiger partial charge on any atom is 0.338 e. The van der Waals surface area contributed by atoms with Crippen LogP contribution in [0.15, 0.2) is 78.9 Å². The second kappa shape index (κ2) is 9.42. The van der Waals surface area contributed by atoms with Crippen molar-refractivity contribution in [1.29, 1.82) is 0 Å². The van der Waals surface area contributed by atoms with Crippen molar-refractivity contribution >= 4 is 35.1 Å². The average Bonchev–Trinajstić information content (AvgIpc) is 3.07. The summed E-state index contributed by atoms with van der Waals surface area (Å²) in [4.78, 5) is 25.1. The fourth-order valence-electron chi connectivity index (χ4n) is 3.64. The molecule has 168 valence electrons. The lowest BCUT2D eigenvalue weighted by Gasteiger charge is -2.17. The summed E-state index contributed by atoms with van der Waals surface area (Å²) < 4.78 is 9.32. The molecule has 0 radical (unpaired) electrons. The number of carbonyl (C=O) groups is 2. The van der Waals surface area contributed by atoms with Gasteiger partial charge in [-0.2, -0.15) is 0 Å². The molecule has 0 bridgehead atoms. The van der Waals surface area contributed by atoms with E-state index in [0.29, 0.717) is 22.3 Å². The first-order valence-electron chi connectivity index (χ1n) is 10.5. The number of alkyl halides is 2. The van der Waals surface area contributed by atoms with Crippen molar-refractivity contribution in [2.24, 2.45) is 0 Å². The minimum absolute atomic E-state index is 0.161.